The Labute approximate surface area is 82.1 Å². The zero-order valence-corrected chi connectivity index (χ0v) is 8.23. The third-order valence-electron chi connectivity index (χ3n) is 2.08. The standard InChI is InChI=1S/C10H13FN2O/c1-3-6-4-7(11)5-8(9(6)12)10(14)13-2/h4-5H,3,12H2,1-2H3,(H,13,14). The highest BCUT2D eigenvalue weighted by atomic mass is 19.1. The molecular formula is C10H13FN2O. The first-order chi connectivity index (χ1) is 6.60. The number of anilines is 1. The molecule has 0 atom stereocenters. The first kappa shape index (κ1) is 10.5. The fourth-order valence-electron chi connectivity index (χ4n) is 1.29. The largest absolute Gasteiger partial charge is 0.398 e. The van der Waals surface area contributed by atoms with E-state index in [1.807, 2.05) is 6.92 Å². The quantitative estimate of drug-likeness (QED) is 0.701. The van der Waals surface area contributed by atoms with Gasteiger partial charge in [0.1, 0.15) is 5.82 Å². The van der Waals surface area contributed by atoms with Crippen LogP contribution in [0.15, 0.2) is 12.1 Å². The summed E-state index contributed by atoms with van der Waals surface area (Å²) in [5, 5.41) is 2.42. The topological polar surface area (TPSA) is 55.1 Å². The van der Waals surface area contributed by atoms with Crippen molar-refractivity contribution in [2.24, 2.45) is 0 Å². The zero-order valence-electron chi connectivity index (χ0n) is 8.23. The van der Waals surface area contributed by atoms with Crippen LogP contribution in [0.5, 0.6) is 0 Å². The summed E-state index contributed by atoms with van der Waals surface area (Å²) in [6.07, 6.45) is 0.605. The zero-order chi connectivity index (χ0) is 10.7. The normalized spacial score (nSPS) is 9.93. The molecule has 1 aromatic carbocycles. The second-order valence-corrected chi connectivity index (χ2v) is 2.96. The van der Waals surface area contributed by atoms with Gasteiger partial charge in [-0.1, -0.05) is 6.92 Å². The smallest absolute Gasteiger partial charge is 0.253 e. The van der Waals surface area contributed by atoms with Crippen LogP contribution < -0.4 is 11.1 Å². The van der Waals surface area contributed by atoms with Crippen molar-refractivity contribution in [3.63, 3.8) is 0 Å². The van der Waals surface area contributed by atoms with Crippen molar-refractivity contribution in [2.75, 3.05) is 12.8 Å². The molecule has 0 aliphatic carbocycles. The number of carbonyl (C=O) groups excluding carboxylic acids is 1. The Hall–Kier alpha value is -1.58. The number of carbonyl (C=O) groups is 1. The molecule has 0 aliphatic rings. The Bertz CT molecular complexity index is 363. The molecule has 1 rings (SSSR count). The van der Waals surface area contributed by atoms with Gasteiger partial charge < -0.3 is 11.1 Å². The number of halogens is 1. The molecule has 1 amide bonds. The molecule has 0 bridgehead atoms. The van der Waals surface area contributed by atoms with Gasteiger partial charge in [-0.3, -0.25) is 4.79 Å². The summed E-state index contributed by atoms with van der Waals surface area (Å²) in [5.41, 5.74) is 6.92. The number of hydrogen-bond acceptors (Lipinski definition) is 2. The minimum atomic E-state index is -0.436. The van der Waals surface area contributed by atoms with Crippen molar-refractivity contribution in [3.8, 4) is 0 Å². The molecule has 0 heterocycles. The van der Waals surface area contributed by atoms with Crippen molar-refractivity contribution in [2.45, 2.75) is 13.3 Å². The summed E-state index contributed by atoms with van der Waals surface area (Å²) in [7, 11) is 1.48. The number of rotatable bonds is 2. The fraction of sp³-hybridized carbons (Fsp3) is 0.300. The lowest BCUT2D eigenvalue weighted by atomic mass is 10.0. The predicted molar refractivity (Wildman–Crippen MR) is 53.6 cm³/mol. The van der Waals surface area contributed by atoms with Crippen molar-refractivity contribution in [3.05, 3.63) is 29.1 Å². The number of nitrogens with two attached hydrogens (primary N) is 1. The molecule has 3 N–H and O–H groups in total. The molecule has 0 radical (unpaired) electrons. The lowest BCUT2D eigenvalue weighted by Gasteiger charge is -2.08. The minimum Gasteiger partial charge on any atom is -0.398 e. The van der Waals surface area contributed by atoms with E-state index in [0.717, 1.165) is 6.07 Å². The second kappa shape index (κ2) is 4.09. The van der Waals surface area contributed by atoms with Gasteiger partial charge in [0.25, 0.3) is 5.91 Å². The second-order valence-electron chi connectivity index (χ2n) is 2.96. The third-order valence-corrected chi connectivity index (χ3v) is 2.08. The van der Waals surface area contributed by atoms with Crippen LogP contribution in [0.4, 0.5) is 10.1 Å². The Morgan fingerprint density at radius 3 is 2.71 bits per heavy atom. The minimum absolute atomic E-state index is 0.198. The van der Waals surface area contributed by atoms with Crippen LogP contribution in [0.25, 0.3) is 0 Å². The highest BCUT2D eigenvalue weighted by Crippen LogP contribution is 2.20. The molecule has 0 spiro atoms. The molecule has 4 heteroatoms. The summed E-state index contributed by atoms with van der Waals surface area (Å²) in [5.74, 6) is -0.800. The molecule has 76 valence electrons. The van der Waals surface area contributed by atoms with E-state index in [1.54, 1.807) is 0 Å². The number of nitrogen functional groups attached to an aromatic ring is 1. The molecule has 0 saturated carbocycles. The summed E-state index contributed by atoms with van der Waals surface area (Å²) >= 11 is 0. The van der Waals surface area contributed by atoms with Gasteiger partial charge in [0.2, 0.25) is 0 Å². The van der Waals surface area contributed by atoms with E-state index in [4.69, 9.17) is 5.73 Å². The molecule has 0 aliphatic heterocycles. The van der Waals surface area contributed by atoms with Crippen LogP contribution in [-0.4, -0.2) is 13.0 Å². The number of benzene rings is 1. The maximum absolute atomic E-state index is 13.1. The molecular weight excluding hydrogens is 183 g/mol. The number of nitrogens with one attached hydrogen (secondary N) is 1. The Kier molecular flexibility index (Phi) is 3.06. The van der Waals surface area contributed by atoms with E-state index in [2.05, 4.69) is 5.32 Å². The third kappa shape index (κ3) is 1.84. The van der Waals surface area contributed by atoms with E-state index in [0.29, 0.717) is 17.7 Å². The van der Waals surface area contributed by atoms with Crippen LogP contribution in [0.2, 0.25) is 0 Å². The highest BCUT2D eigenvalue weighted by molar-refractivity contribution is 5.99. The van der Waals surface area contributed by atoms with Crippen LogP contribution in [0, 0.1) is 5.82 Å². The van der Waals surface area contributed by atoms with Crippen LogP contribution in [0.3, 0.4) is 0 Å². The monoisotopic (exact) mass is 196 g/mol. The van der Waals surface area contributed by atoms with Gasteiger partial charge in [-0.2, -0.15) is 0 Å². The molecule has 0 aromatic heterocycles. The Balaban J connectivity index is 3.29. The summed E-state index contributed by atoms with van der Waals surface area (Å²) in [4.78, 5) is 11.3. The van der Waals surface area contributed by atoms with Crippen LogP contribution >= 0.6 is 0 Å². The lowest BCUT2D eigenvalue weighted by molar-refractivity contribution is 0.0963. The molecule has 0 saturated heterocycles. The molecule has 14 heavy (non-hydrogen) atoms. The van der Waals surface area contributed by atoms with Crippen molar-refractivity contribution in [1.29, 1.82) is 0 Å². The first-order valence-corrected chi connectivity index (χ1v) is 4.40. The number of aryl methyl sites for hydroxylation is 1. The van der Waals surface area contributed by atoms with Gasteiger partial charge in [0, 0.05) is 12.7 Å². The van der Waals surface area contributed by atoms with Gasteiger partial charge in [-0.15, -0.1) is 0 Å². The van der Waals surface area contributed by atoms with E-state index in [1.165, 1.54) is 13.1 Å². The van der Waals surface area contributed by atoms with E-state index < -0.39 is 5.82 Å². The Morgan fingerprint density at radius 2 is 2.21 bits per heavy atom. The van der Waals surface area contributed by atoms with Crippen molar-refractivity contribution < 1.29 is 9.18 Å². The maximum atomic E-state index is 13.1. The van der Waals surface area contributed by atoms with Crippen LogP contribution in [-0.2, 0) is 6.42 Å². The summed E-state index contributed by atoms with van der Waals surface area (Å²) < 4.78 is 13.1. The van der Waals surface area contributed by atoms with Crippen LogP contribution in [0.1, 0.15) is 22.8 Å². The maximum Gasteiger partial charge on any atom is 0.253 e. The molecule has 0 fully saturated rings. The van der Waals surface area contributed by atoms with Crippen molar-refractivity contribution in [1.82, 2.24) is 5.32 Å². The number of amides is 1. The first-order valence-electron chi connectivity index (χ1n) is 4.40. The van der Waals surface area contributed by atoms with Gasteiger partial charge >= 0.3 is 0 Å². The molecule has 3 nitrogen and oxygen atoms in total. The fourth-order valence-corrected chi connectivity index (χ4v) is 1.29. The Morgan fingerprint density at radius 1 is 1.57 bits per heavy atom. The average molecular weight is 196 g/mol. The van der Waals surface area contributed by atoms with Gasteiger partial charge in [-0.25, -0.2) is 4.39 Å². The van der Waals surface area contributed by atoms with E-state index in [-0.39, 0.29) is 11.5 Å². The highest BCUT2D eigenvalue weighted by Gasteiger charge is 2.12. The van der Waals surface area contributed by atoms with Gasteiger partial charge in [0.15, 0.2) is 0 Å². The summed E-state index contributed by atoms with van der Waals surface area (Å²) in [6.45, 7) is 1.86. The molecule has 1 aromatic rings. The lowest BCUT2D eigenvalue weighted by Crippen LogP contribution is -2.20. The van der Waals surface area contributed by atoms with Crippen molar-refractivity contribution >= 4 is 11.6 Å². The number of hydrogen-bond donors (Lipinski definition) is 2. The van der Waals surface area contributed by atoms with E-state index >= 15 is 0 Å². The van der Waals surface area contributed by atoms with E-state index in [9.17, 15) is 9.18 Å². The molecule has 0 unspecified atom stereocenters. The SMILES string of the molecule is CCc1cc(F)cc(C(=O)NC)c1N. The van der Waals surface area contributed by atoms with Gasteiger partial charge in [0.05, 0.1) is 5.56 Å². The predicted octanol–water partition coefficient (Wildman–Crippen LogP) is 1.33. The summed E-state index contributed by atoms with van der Waals surface area (Å²) in [6, 6.07) is 2.50. The van der Waals surface area contributed by atoms with Gasteiger partial charge in [-0.05, 0) is 24.1 Å². The average Bonchev–Trinajstić information content (AvgIpc) is 2.19.